The Morgan fingerprint density at radius 2 is 1.03 bits per heavy atom. The van der Waals surface area contributed by atoms with E-state index >= 15 is 0 Å². The number of benzene rings is 5. The standard InChI is InChI=1S/C53H39N7/c54-45(34-47(38-19-7-2-8-20-38)57-36-37-17-5-1-6-18-37)44-26-14-13-25-43(44)42-32-51(46-27-15-16-29-55-46)58-52(33-42)50-31-41(28-30-56-50)49-35-48(39-21-9-3-10-22-39)59-53(60-49)40-23-11-4-12-24-40/h1-35H,36,54H2/b45-34-,57-47?. The summed E-state index contributed by atoms with van der Waals surface area (Å²) in [5, 5.41) is 0. The second-order valence-corrected chi connectivity index (χ2v) is 14.2. The van der Waals surface area contributed by atoms with E-state index in [9.17, 15) is 0 Å². The molecule has 0 unspecified atom stereocenters. The van der Waals surface area contributed by atoms with Crippen molar-refractivity contribution in [3.05, 3.63) is 229 Å². The van der Waals surface area contributed by atoms with Crippen LogP contribution in [0.4, 0.5) is 0 Å². The molecular weight excluding hydrogens is 735 g/mol. The van der Waals surface area contributed by atoms with Crippen LogP contribution in [0.15, 0.2) is 218 Å². The van der Waals surface area contributed by atoms with Crippen molar-refractivity contribution in [1.29, 1.82) is 0 Å². The number of pyridine rings is 3. The molecule has 4 heterocycles. The van der Waals surface area contributed by atoms with Gasteiger partial charge in [-0.25, -0.2) is 15.0 Å². The topological polar surface area (TPSA) is 103 Å². The van der Waals surface area contributed by atoms with Gasteiger partial charge in [-0.2, -0.15) is 0 Å². The highest BCUT2D eigenvalue weighted by Gasteiger charge is 2.17. The lowest BCUT2D eigenvalue weighted by Gasteiger charge is -2.14. The Balaban J connectivity index is 1.15. The maximum Gasteiger partial charge on any atom is 0.160 e. The largest absolute Gasteiger partial charge is 0.398 e. The fraction of sp³-hybridized carbons (Fsp3) is 0.0189. The number of nitrogens with zero attached hydrogens (tertiary/aromatic N) is 6. The molecule has 7 nitrogen and oxygen atoms in total. The van der Waals surface area contributed by atoms with Crippen LogP contribution in [0.2, 0.25) is 0 Å². The van der Waals surface area contributed by atoms with Crippen molar-refractivity contribution in [2.24, 2.45) is 10.7 Å². The van der Waals surface area contributed by atoms with E-state index in [-0.39, 0.29) is 0 Å². The molecule has 0 radical (unpaired) electrons. The molecule has 0 saturated heterocycles. The van der Waals surface area contributed by atoms with Crippen LogP contribution in [0.3, 0.4) is 0 Å². The lowest BCUT2D eigenvalue weighted by atomic mass is 9.95. The Labute approximate surface area is 349 Å². The van der Waals surface area contributed by atoms with E-state index in [0.29, 0.717) is 35.1 Å². The van der Waals surface area contributed by atoms with E-state index in [0.717, 1.165) is 67.3 Å². The van der Waals surface area contributed by atoms with Crippen molar-refractivity contribution in [1.82, 2.24) is 24.9 Å². The lowest BCUT2D eigenvalue weighted by molar-refractivity contribution is 1.07. The van der Waals surface area contributed by atoms with Gasteiger partial charge in [-0.15, -0.1) is 0 Å². The molecule has 0 atom stereocenters. The summed E-state index contributed by atoms with van der Waals surface area (Å²) in [6.45, 7) is 0.528. The summed E-state index contributed by atoms with van der Waals surface area (Å²) < 4.78 is 0. The maximum atomic E-state index is 7.06. The summed E-state index contributed by atoms with van der Waals surface area (Å²) in [6, 6.07) is 64.8. The van der Waals surface area contributed by atoms with Gasteiger partial charge in [0.15, 0.2) is 5.82 Å². The van der Waals surface area contributed by atoms with Crippen LogP contribution < -0.4 is 5.73 Å². The van der Waals surface area contributed by atoms with Gasteiger partial charge in [0.2, 0.25) is 0 Å². The fourth-order valence-electron chi connectivity index (χ4n) is 7.06. The first kappa shape index (κ1) is 37.4. The van der Waals surface area contributed by atoms with Gasteiger partial charge in [0, 0.05) is 40.3 Å². The number of aromatic nitrogens is 5. The minimum atomic E-state index is 0.528. The normalized spacial score (nSPS) is 11.7. The molecule has 286 valence electrons. The molecule has 0 spiro atoms. The van der Waals surface area contributed by atoms with E-state index in [4.69, 9.17) is 30.7 Å². The number of rotatable bonds is 11. The van der Waals surface area contributed by atoms with Gasteiger partial charge in [0.1, 0.15) is 0 Å². The first-order valence-electron chi connectivity index (χ1n) is 19.8. The summed E-state index contributed by atoms with van der Waals surface area (Å²) in [4.78, 5) is 29.8. The van der Waals surface area contributed by atoms with Crippen LogP contribution in [0, 0.1) is 0 Å². The van der Waals surface area contributed by atoms with Crippen LogP contribution in [0.5, 0.6) is 0 Å². The number of allylic oxidation sites excluding steroid dienone is 1. The minimum Gasteiger partial charge on any atom is -0.398 e. The van der Waals surface area contributed by atoms with Gasteiger partial charge >= 0.3 is 0 Å². The molecule has 9 aromatic rings. The van der Waals surface area contributed by atoms with E-state index in [1.165, 1.54) is 0 Å². The Morgan fingerprint density at radius 1 is 0.450 bits per heavy atom. The molecule has 0 saturated carbocycles. The molecule has 0 amide bonds. The van der Waals surface area contributed by atoms with Crippen LogP contribution >= 0.6 is 0 Å². The average Bonchev–Trinajstić information content (AvgIpc) is 3.34. The molecule has 5 aromatic carbocycles. The molecule has 2 N–H and O–H groups in total. The molecule has 9 rings (SSSR count). The predicted molar refractivity (Wildman–Crippen MR) is 243 cm³/mol. The van der Waals surface area contributed by atoms with Crippen LogP contribution in [-0.2, 0) is 6.54 Å². The summed E-state index contributed by atoms with van der Waals surface area (Å²) in [5.74, 6) is 0.644. The summed E-state index contributed by atoms with van der Waals surface area (Å²) >= 11 is 0. The number of nitrogens with two attached hydrogens (primary N) is 1. The first-order valence-corrected chi connectivity index (χ1v) is 19.8. The Bertz CT molecular complexity index is 2880. The van der Waals surface area contributed by atoms with Crippen molar-refractivity contribution in [3.8, 4) is 67.8 Å². The molecule has 7 heteroatoms. The van der Waals surface area contributed by atoms with Gasteiger partial charge in [-0.1, -0.05) is 152 Å². The zero-order valence-electron chi connectivity index (χ0n) is 32.7. The van der Waals surface area contributed by atoms with Crippen LogP contribution in [0.25, 0.3) is 73.5 Å². The van der Waals surface area contributed by atoms with E-state index in [1.807, 2.05) is 146 Å². The Morgan fingerprint density at radius 3 is 1.75 bits per heavy atom. The maximum absolute atomic E-state index is 7.06. The van der Waals surface area contributed by atoms with E-state index in [1.54, 1.807) is 12.4 Å². The van der Waals surface area contributed by atoms with E-state index in [2.05, 4.69) is 59.6 Å². The van der Waals surface area contributed by atoms with Crippen molar-refractivity contribution in [3.63, 3.8) is 0 Å². The second-order valence-electron chi connectivity index (χ2n) is 14.2. The fourth-order valence-corrected chi connectivity index (χ4v) is 7.06. The molecule has 60 heavy (non-hydrogen) atoms. The Kier molecular flexibility index (Phi) is 10.9. The quantitative estimate of drug-likeness (QED) is 0.131. The lowest BCUT2D eigenvalue weighted by Crippen LogP contribution is -2.06. The van der Waals surface area contributed by atoms with Gasteiger partial charge < -0.3 is 5.73 Å². The zero-order valence-corrected chi connectivity index (χ0v) is 32.7. The number of hydrogen-bond donors (Lipinski definition) is 1. The highest BCUT2D eigenvalue weighted by molar-refractivity contribution is 6.12. The second kappa shape index (κ2) is 17.5. The Hall–Kier alpha value is -8.16. The smallest absolute Gasteiger partial charge is 0.160 e. The van der Waals surface area contributed by atoms with Crippen LogP contribution in [-0.4, -0.2) is 30.6 Å². The van der Waals surface area contributed by atoms with Crippen LogP contribution in [0.1, 0.15) is 16.7 Å². The van der Waals surface area contributed by atoms with Crippen molar-refractivity contribution < 1.29 is 0 Å². The highest BCUT2D eigenvalue weighted by atomic mass is 14.9. The molecule has 0 aliphatic heterocycles. The monoisotopic (exact) mass is 773 g/mol. The molecule has 0 aliphatic rings. The SMILES string of the molecule is N/C(=C\C(=NCc1ccccc1)c1ccccc1)c1ccccc1-c1cc(-c2ccccn2)nc(-c2cc(-c3cc(-c4ccccc4)nc(-c4ccccc4)n3)ccn2)c1. The minimum absolute atomic E-state index is 0.528. The molecule has 0 aliphatic carbocycles. The summed E-state index contributed by atoms with van der Waals surface area (Å²) in [7, 11) is 0. The highest BCUT2D eigenvalue weighted by Crippen LogP contribution is 2.34. The average molecular weight is 774 g/mol. The zero-order chi connectivity index (χ0) is 40.5. The molecular formula is C53H39N7. The third kappa shape index (κ3) is 8.56. The first-order chi connectivity index (χ1) is 29.6. The van der Waals surface area contributed by atoms with Gasteiger partial charge in [0.25, 0.3) is 0 Å². The number of hydrogen-bond acceptors (Lipinski definition) is 7. The van der Waals surface area contributed by atoms with Crippen molar-refractivity contribution in [2.45, 2.75) is 6.54 Å². The van der Waals surface area contributed by atoms with Gasteiger partial charge in [-0.05, 0) is 70.8 Å². The molecule has 4 aromatic heterocycles. The number of aliphatic imine (C=N–C) groups is 1. The summed E-state index contributed by atoms with van der Waals surface area (Å²) in [6.07, 6.45) is 5.56. The molecule has 0 bridgehead atoms. The van der Waals surface area contributed by atoms with Crippen molar-refractivity contribution >= 4 is 11.4 Å². The molecule has 0 fully saturated rings. The van der Waals surface area contributed by atoms with E-state index < -0.39 is 0 Å². The van der Waals surface area contributed by atoms with Gasteiger partial charge in [0.05, 0.1) is 46.4 Å². The third-order valence-electron chi connectivity index (χ3n) is 10.1. The summed E-state index contributed by atoms with van der Waals surface area (Å²) in [5.41, 5.74) is 20.5. The third-order valence-corrected chi connectivity index (χ3v) is 10.1. The van der Waals surface area contributed by atoms with Gasteiger partial charge in [-0.3, -0.25) is 15.0 Å². The van der Waals surface area contributed by atoms with Crippen molar-refractivity contribution in [2.75, 3.05) is 0 Å². The predicted octanol–water partition coefficient (Wildman–Crippen LogP) is 11.7.